The molecular formula is C10H19N. The van der Waals surface area contributed by atoms with E-state index in [2.05, 4.69) is 20.8 Å². The fourth-order valence-corrected chi connectivity index (χ4v) is 3.19. The molecule has 3 saturated carbocycles. The molecule has 3 rings (SSSR count). The maximum atomic E-state index is 6.02. The van der Waals surface area contributed by atoms with Crippen molar-refractivity contribution >= 4 is 0 Å². The van der Waals surface area contributed by atoms with Crippen molar-refractivity contribution in [1.29, 1.82) is 0 Å². The molecule has 0 aromatic heterocycles. The highest BCUT2D eigenvalue weighted by atomic mass is 14.7. The van der Waals surface area contributed by atoms with E-state index in [0.717, 1.165) is 17.8 Å². The van der Waals surface area contributed by atoms with E-state index in [4.69, 9.17) is 5.73 Å². The molecule has 0 aromatic carbocycles. The van der Waals surface area contributed by atoms with Crippen LogP contribution >= 0.6 is 0 Å². The lowest BCUT2D eigenvalue weighted by Crippen LogP contribution is -2.58. The van der Waals surface area contributed by atoms with E-state index in [9.17, 15) is 0 Å². The van der Waals surface area contributed by atoms with Gasteiger partial charge in [0.2, 0.25) is 0 Å². The molecule has 0 amide bonds. The van der Waals surface area contributed by atoms with Gasteiger partial charge < -0.3 is 5.73 Å². The predicted octanol–water partition coefficient (Wildman–Crippen LogP) is 2.02. The molecule has 1 heteroatoms. The Morgan fingerprint density at radius 1 is 1.27 bits per heavy atom. The van der Waals surface area contributed by atoms with Gasteiger partial charge in [0.05, 0.1) is 0 Å². The quantitative estimate of drug-likeness (QED) is 0.566. The van der Waals surface area contributed by atoms with Crippen LogP contribution in [-0.4, -0.2) is 6.04 Å². The van der Waals surface area contributed by atoms with Gasteiger partial charge in [0.25, 0.3) is 0 Å². The molecular weight excluding hydrogens is 134 g/mol. The van der Waals surface area contributed by atoms with Crippen LogP contribution in [0, 0.1) is 23.2 Å². The average Bonchev–Trinajstić information content (AvgIpc) is 1.93. The van der Waals surface area contributed by atoms with Gasteiger partial charge in [-0.1, -0.05) is 20.8 Å². The van der Waals surface area contributed by atoms with Gasteiger partial charge in [0.15, 0.2) is 0 Å². The molecule has 0 heterocycles. The molecule has 2 bridgehead atoms. The number of hydrogen-bond acceptors (Lipinski definition) is 1. The summed E-state index contributed by atoms with van der Waals surface area (Å²) in [6.45, 7) is 7.15. The number of hydrogen-bond donors (Lipinski definition) is 1. The van der Waals surface area contributed by atoms with Crippen LogP contribution < -0.4 is 5.73 Å². The number of fused-ring (bicyclic) bond motifs is 2. The van der Waals surface area contributed by atoms with Crippen LogP contribution in [0.4, 0.5) is 0 Å². The topological polar surface area (TPSA) is 26.0 Å². The summed E-state index contributed by atoms with van der Waals surface area (Å²) >= 11 is 0. The minimum atomic E-state index is 0.492. The Morgan fingerprint density at radius 2 is 1.91 bits per heavy atom. The van der Waals surface area contributed by atoms with Crippen molar-refractivity contribution in [1.82, 2.24) is 0 Å². The van der Waals surface area contributed by atoms with Crippen molar-refractivity contribution in [2.24, 2.45) is 28.9 Å². The van der Waals surface area contributed by atoms with Crippen LogP contribution in [0.5, 0.6) is 0 Å². The zero-order valence-corrected chi connectivity index (χ0v) is 7.80. The van der Waals surface area contributed by atoms with Gasteiger partial charge >= 0.3 is 0 Å². The highest BCUT2D eigenvalue weighted by Gasteiger charge is 2.55. The van der Waals surface area contributed by atoms with E-state index in [-0.39, 0.29) is 0 Å². The van der Waals surface area contributed by atoms with Crippen LogP contribution in [-0.2, 0) is 0 Å². The third-order valence-electron chi connectivity index (χ3n) is 4.41. The Kier molecular flexibility index (Phi) is 1.39. The van der Waals surface area contributed by atoms with E-state index in [1.165, 1.54) is 12.8 Å². The normalized spacial score (nSPS) is 53.5. The standard InChI is InChI=1S/C10H19N/c1-6-8-4-7(5-9(6)11)10(8,2)3/h6-9H,4-5,11H2,1-3H3/t6-,7+,8+,9-/m1/s1. The van der Waals surface area contributed by atoms with Gasteiger partial charge in [0, 0.05) is 6.04 Å². The largest absolute Gasteiger partial charge is 0.327 e. The van der Waals surface area contributed by atoms with Crippen LogP contribution in [0.3, 0.4) is 0 Å². The van der Waals surface area contributed by atoms with E-state index < -0.39 is 0 Å². The van der Waals surface area contributed by atoms with Crippen molar-refractivity contribution in [3.05, 3.63) is 0 Å². The van der Waals surface area contributed by atoms with Crippen LogP contribution in [0.1, 0.15) is 33.6 Å². The first-order valence-electron chi connectivity index (χ1n) is 4.79. The van der Waals surface area contributed by atoms with E-state index >= 15 is 0 Å². The summed E-state index contributed by atoms with van der Waals surface area (Å²) in [6.07, 6.45) is 2.71. The monoisotopic (exact) mass is 153 g/mol. The second-order valence-electron chi connectivity index (χ2n) is 5.12. The minimum absolute atomic E-state index is 0.492. The van der Waals surface area contributed by atoms with Crippen molar-refractivity contribution in [2.75, 3.05) is 0 Å². The van der Waals surface area contributed by atoms with Crippen molar-refractivity contribution in [3.8, 4) is 0 Å². The summed E-state index contributed by atoms with van der Waals surface area (Å²) in [5.74, 6) is 2.60. The zero-order chi connectivity index (χ0) is 8.22. The molecule has 4 atom stereocenters. The fourth-order valence-electron chi connectivity index (χ4n) is 3.19. The Balaban J connectivity index is 2.17. The molecule has 0 unspecified atom stereocenters. The third kappa shape index (κ3) is 0.807. The van der Waals surface area contributed by atoms with Crippen LogP contribution in [0.2, 0.25) is 0 Å². The maximum absolute atomic E-state index is 6.02. The summed E-state index contributed by atoms with van der Waals surface area (Å²) in [5, 5.41) is 0. The zero-order valence-electron chi connectivity index (χ0n) is 7.80. The Hall–Kier alpha value is -0.0400. The Morgan fingerprint density at radius 3 is 2.27 bits per heavy atom. The Labute approximate surface area is 69.4 Å². The average molecular weight is 153 g/mol. The molecule has 1 nitrogen and oxygen atoms in total. The highest BCUT2D eigenvalue weighted by molar-refractivity contribution is 5.06. The van der Waals surface area contributed by atoms with Gasteiger partial charge in [-0.05, 0) is 36.0 Å². The summed E-state index contributed by atoms with van der Waals surface area (Å²) in [6, 6.07) is 0.492. The molecule has 11 heavy (non-hydrogen) atoms. The lowest BCUT2D eigenvalue weighted by molar-refractivity contribution is -0.108. The molecule has 0 spiro atoms. The van der Waals surface area contributed by atoms with Gasteiger partial charge in [-0.15, -0.1) is 0 Å². The smallest absolute Gasteiger partial charge is 0.00702 e. The van der Waals surface area contributed by atoms with Crippen molar-refractivity contribution in [3.63, 3.8) is 0 Å². The first kappa shape index (κ1) is 7.60. The molecule has 64 valence electrons. The third-order valence-corrected chi connectivity index (χ3v) is 4.41. The lowest BCUT2D eigenvalue weighted by Gasteiger charge is -2.61. The van der Waals surface area contributed by atoms with Gasteiger partial charge in [-0.3, -0.25) is 0 Å². The van der Waals surface area contributed by atoms with E-state index in [1.807, 2.05) is 0 Å². The molecule has 0 aromatic rings. The molecule has 3 aliphatic carbocycles. The Bertz CT molecular complexity index is 174. The van der Waals surface area contributed by atoms with Crippen molar-refractivity contribution < 1.29 is 0 Å². The fraction of sp³-hybridized carbons (Fsp3) is 1.00. The molecule has 0 aliphatic heterocycles. The van der Waals surface area contributed by atoms with E-state index in [1.54, 1.807) is 0 Å². The summed E-state index contributed by atoms with van der Waals surface area (Å²) in [5.41, 5.74) is 6.63. The number of rotatable bonds is 0. The molecule has 3 fully saturated rings. The highest BCUT2D eigenvalue weighted by Crippen LogP contribution is 2.60. The summed E-state index contributed by atoms with van der Waals surface area (Å²) in [7, 11) is 0. The van der Waals surface area contributed by atoms with Gasteiger partial charge in [-0.2, -0.15) is 0 Å². The molecule has 3 aliphatic rings. The second-order valence-corrected chi connectivity index (χ2v) is 5.12. The number of nitrogens with two attached hydrogens (primary N) is 1. The molecule has 2 N–H and O–H groups in total. The van der Waals surface area contributed by atoms with Crippen LogP contribution in [0.15, 0.2) is 0 Å². The lowest BCUT2D eigenvalue weighted by atomic mass is 9.45. The maximum Gasteiger partial charge on any atom is 0.00702 e. The second kappa shape index (κ2) is 2.01. The molecule has 0 radical (unpaired) electrons. The summed E-state index contributed by atoms with van der Waals surface area (Å²) in [4.78, 5) is 0. The first-order chi connectivity index (χ1) is 5.03. The van der Waals surface area contributed by atoms with E-state index in [0.29, 0.717) is 11.5 Å². The predicted molar refractivity (Wildman–Crippen MR) is 47.1 cm³/mol. The van der Waals surface area contributed by atoms with Gasteiger partial charge in [0.1, 0.15) is 0 Å². The minimum Gasteiger partial charge on any atom is -0.327 e. The first-order valence-corrected chi connectivity index (χ1v) is 4.79. The SMILES string of the molecule is C[C@H]1[C@H](N)C[C@@H]2C[C@@H]1C2(C)C. The van der Waals surface area contributed by atoms with Crippen molar-refractivity contribution in [2.45, 2.75) is 39.7 Å². The van der Waals surface area contributed by atoms with Crippen LogP contribution in [0.25, 0.3) is 0 Å². The summed E-state index contributed by atoms with van der Waals surface area (Å²) < 4.78 is 0. The van der Waals surface area contributed by atoms with Gasteiger partial charge in [-0.25, -0.2) is 0 Å². The molecule has 0 saturated heterocycles.